The Kier molecular flexibility index (Phi) is 7.55. The van der Waals surface area contributed by atoms with Crippen molar-refractivity contribution in [2.75, 3.05) is 4.90 Å². The summed E-state index contributed by atoms with van der Waals surface area (Å²) < 4.78 is 2.40. The van der Waals surface area contributed by atoms with E-state index in [0.29, 0.717) is 5.56 Å². The maximum Gasteiger partial charge on any atom is 0.0991 e. The highest BCUT2D eigenvalue weighted by atomic mass is 15.2. The number of rotatable bonds is 3. The zero-order valence-corrected chi connectivity index (χ0v) is 27.7. The molecule has 234 valence electrons. The van der Waals surface area contributed by atoms with Crippen LogP contribution in [0.1, 0.15) is 34.4 Å². The smallest absolute Gasteiger partial charge is 0.0991 e. The van der Waals surface area contributed by atoms with Crippen LogP contribution in [0.15, 0.2) is 152 Å². The van der Waals surface area contributed by atoms with Crippen LogP contribution in [0.2, 0.25) is 0 Å². The number of hydrogen-bond acceptors (Lipinski definition) is 2. The number of aryl methyl sites for hydroxylation is 2. The SMILES string of the molecule is C=C1/C=C\C=C/C/C=C\c2c3c(n(-c4ccc(-c5cccc(C#N)c5)cc4)c21)-c1ccccc1N(c1ccc(C)c(C)c1)c1ccccc1-3. The molecule has 0 amide bonds. The molecule has 0 radical (unpaired) electrons. The van der Waals surface area contributed by atoms with E-state index in [1.807, 2.05) is 18.2 Å². The van der Waals surface area contributed by atoms with Crippen molar-refractivity contribution in [1.29, 1.82) is 5.26 Å². The topological polar surface area (TPSA) is 32.0 Å². The predicted molar refractivity (Wildman–Crippen MR) is 205 cm³/mol. The molecule has 0 N–H and O–H groups in total. The summed E-state index contributed by atoms with van der Waals surface area (Å²) in [6.07, 6.45) is 13.8. The van der Waals surface area contributed by atoms with E-state index < -0.39 is 0 Å². The molecule has 49 heavy (non-hydrogen) atoms. The second-order valence-corrected chi connectivity index (χ2v) is 12.6. The average molecular weight is 630 g/mol. The van der Waals surface area contributed by atoms with E-state index in [2.05, 4.69) is 169 Å². The van der Waals surface area contributed by atoms with Crippen LogP contribution in [0.3, 0.4) is 0 Å². The summed E-state index contributed by atoms with van der Waals surface area (Å²) in [6, 6.07) is 43.0. The summed E-state index contributed by atoms with van der Waals surface area (Å²) in [5.74, 6) is 0. The molecule has 6 aromatic rings. The third-order valence-corrected chi connectivity index (χ3v) is 9.63. The lowest BCUT2D eigenvalue weighted by Gasteiger charge is -2.28. The first-order valence-electron chi connectivity index (χ1n) is 16.7. The molecule has 8 rings (SSSR count). The Labute approximate surface area is 288 Å². The Hall–Kier alpha value is -6.37. The summed E-state index contributed by atoms with van der Waals surface area (Å²) in [7, 11) is 0. The minimum absolute atomic E-state index is 0.651. The molecule has 2 heterocycles. The molecule has 1 aliphatic heterocycles. The number of nitrogens with zero attached hydrogens (tertiary/aromatic N) is 3. The van der Waals surface area contributed by atoms with Gasteiger partial charge < -0.3 is 9.47 Å². The largest absolute Gasteiger partial charge is 0.309 e. The maximum absolute atomic E-state index is 9.52. The van der Waals surface area contributed by atoms with Gasteiger partial charge in [-0.05, 0) is 96.6 Å². The van der Waals surface area contributed by atoms with Crippen LogP contribution in [0.25, 0.3) is 50.8 Å². The van der Waals surface area contributed by atoms with Gasteiger partial charge in [-0.15, -0.1) is 0 Å². The highest BCUT2D eigenvalue weighted by Gasteiger charge is 2.33. The number of aromatic nitrogens is 1. The molecule has 0 saturated heterocycles. The zero-order chi connectivity index (χ0) is 33.5. The van der Waals surface area contributed by atoms with Crippen LogP contribution in [0.4, 0.5) is 17.1 Å². The van der Waals surface area contributed by atoms with Crippen molar-refractivity contribution >= 4 is 28.7 Å². The number of allylic oxidation sites excluding steroid dienone is 6. The van der Waals surface area contributed by atoms with Crippen LogP contribution >= 0.6 is 0 Å². The highest BCUT2D eigenvalue weighted by Crippen LogP contribution is 2.55. The maximum atomic E-state index is 9.52. The zero-order valence-electron chi connectivity index (χ0n) is 27.7. The van der Waals surface area contributed by atoms with Gasteiger partial charge in [0.2, 0.25) is 0 Å². The van der Waals surface area contributed by atoms with Crippen molar-refractivity contribution in [1.82, 2.24) is 4.57 Å². The molecule has 0 atom stereocenters. The van der Waals surface area contributed by atoms with Gasteiger partial charge in [0.1, 0.15) is 0 Å². The molecule has 1 aromatic heterocycles. The summed E-state index contributed by atoms with van der Waals surface area (Å²) in [5, 5.41) is 9.52. The minimum atomic E-state index is 0.651. The van der Waals surface area contributed by atoms with Crippen LogP contribution in [-0.2, 0) is 0 Å². The number of benzene rings is 5. The molecule has 2 aliphatic rings. The van der Waals surface area contributed by atoms with Gasteiger partial charge in [-0.1, -0.05) is 110 Å². The Morgan fingerprint density at radius 2 is 1.37 bits per heavy atom. The van der Waals surface area contributed by atoms with E-state index in [1.54, 1.807) is 0 Å². The second-order valence-electron chi connectivity index (χ2n) is 12.6. The second kappa shape index (κ2) is 12.3. The molecule has 3 nitrogen and oxygen atoms in total. The molecule has 0 bridgehead atoms. The van der Waals surface area contributed by atoms with Gasteiger partial charge in [-0.2, -0.15) is 5.26 Å². The Balaban J connectivity index is 1.46. The van der Waals surface area contributed by atoms with Crippen molar-refractivity contribution in [2.45, 2.75) is 20.3 Å². The van der Waals surface area contributed by atoms with Crippen LogP contribution in [0, 0.1) is 25.2 Å². The number of nitriles is 1. The van der Waals surface area contributed by atoms with Gasteiger partial charge in [0.15, 0.2) is 0 Å². The fourth-order valence-electron chi connectivity index (χ4n) is 7.12. The fraction of sp³-hybridized carbons (Fsp3) is 0.0652. The van der Waals surface area contributed by atoms with Crippen molar-refractivity contribution < 1.29 is 0 Å². The van der Waals surface area contributed by atoms with E-state index >= 15 is 0 Å². The van der Waals surface area contributed by atoms with E-state index in [9.17, 15) is 5.26 Å². The van der Waals surface area contributed by atoms with E-state index in [4.69, 9.17) is 0 Å². The summed E-state index contributed by atoms with van der Waals surface area (Å²) in [6.45, 7) is 8.99. The van der Waals surface area contributed by atoms with Gasteiger partial charge in [-0.25, -0.2) is 0 Å². The van der Waals surface area contributed by atoms with E-state index in [1.165, 1.54) is 22.3 Å². The Morgan fingerprint density at radius 3 is 2.14 bits per heavy atom. The number of hydrogen-bond donors (Lipinski definition) is 0. The van der Waals surface area contributed by atoms with Gasteiger partial charge in [0, 0.05) is 33.6 Å². The van der Waals surface area contributed by atoms with Crippen LogP contribution in [0.5, 0.6) is 0 Å². The molecule has 0 saturated carbocycles. The lowest BCUT2D eigenvalue weighted by atomic mass is 9.95. The lowest BCUT2D eigenvalue weighted by molar-refractivity contribution is 1.06. The van der Waals surface area contributed by atoms with Crippen molar-refractivity contribution in [3.63, 3.8) is 0 Å². The molecular weight excluding hydrogens is 595 g/mol. The first kappa shape index (κ1) is 30.0. The minimum Gasteiger partial charge on any atom is -0.309 e. The van der Waals surface area contributed by atoms with Gasteiger partial charge in [-0.3, -0.25) is 0 Å². The molecule has 0 unspecified atom stereocenters. The molecule has 5 aromatic carbocycles. The molecule has 0 spiro atoms. The van der Waals surface area contributed by atoms with E-state index in [0.717, 1.165) is 68.4 Å². The third-order valence-electron chi connectivity index (χ3n) is 9.63. The fourth-order valence-corrected chi connectivity index (χ4v) is 7.12. The standard InChI is InChI=1S/C46H35N3/c1-31-22-25-38(28-33(31)3)48-42-20-11-9-17-39(42)44-41-19-8-6-4-5-7-14-32(2)45(41)49(46(44)40-18-10-12-21-43(40)48)37-26-23-35(24-27-37)36-16-13-15-34(29-36)30-47/h4-5,7-29H,2,6H2,1,3H3/b5-4-,14-7-,19-8-. The highest BCUT2D eigenvalue weighted by molar-refractivity contribution is 6.07. The Morgan fingerprint density at radius 1 is 0.633 bits per heavy atom. The predicted octanol–water partition coefficient (Wildman–Crippen LogP) is 12.3. The first-order valence-corrected chi connectivity index (χ1v) is 16.7. The molecule has 3 heteroatoms. The summed E-state index contributed by atoms with van der Waals surface area (Å²) in [4.78, 5) is 2.42. The van der Waals surface area contributed by atoms with Gasteiger partial charge >= 0.3 is 0 Å². The average Bonchev–Trinajstić information content (AvgIpc) is 3.41. The van der Waals surface area contributed by atoms with Crippen molar-refractivity contribution in [2.24, 2.45) is 0 Å². The van der Waals surface area contributed by atoms with Crippen LogP contribution < -0.4 is 4.90 Å². The Bertz CT molecular complexity index is 2410. The molecule has 1 aliphatic carbocycles. The number of para-hydroxylation sites is 2. The first-order chi connectivity index (χ1) is 24.0. The molecular formula is C46H35N3. The van der Waals surface area contributed by atoms with Gasteiger partial charge in [0.25, 0.3) is 0 Å². The summed E-state index contributed by atoms with van der Waals surface area (Å²) in [5.41, 5.74) is 17.5. The number of fused-ring (bicyclic) bond motifs is 7. The molecule has 0 fully saturated rings. The van der Waals surface area contributed by atoms with Crippen molar-refractivity contribution in [3.8, 4) is 45.3 Å². The quantitative estimate of drug-likeness (QED) is 0.195. The van der Waals surface area contributed by atoms with E-state index in [-0.39, 0.29) is 0 Å². The monoisotopic (exact) mass is 629 g/mol. The van der Waals surface area contributed by atoms with Gasteiger partial charge in [0.05, 0.1) is 34.4 Å². The van der Waals surface area contributed by atoms with Crippen LogP contribution in [-0.4, -0.2) is 4.57 Å². The van der Waals surface area contributed by atoms with Crippen molar-refractivity contribution in [3.05, 3.63) is 180 Å². The summed E-state index contributed by atoms with van der Waals surface area (Å²) >= 11 is 0. The lowest BCUT2D eigenvalue weighted by Crippen LogP contribution is -2.12. The third kappa shape index (κ3) is 5.15. The normalized spacial score (nSPS) is 15.1. The number of anilines is 3.